The van der Waals surface area contributed by atoms with Crippen LogP contribution in [0.4, 0.5) is 0 Å². The number of nitrogens with zero attached hydrogens (tertiary/aromatic N) is 1. The summed E-state index contributed by atoms with van der Waals surface area (Å²) in [6.45, 7) is 0. The molecule has 0 bridgehead atoms. The van der Waals surface area contributed by atoms with E-state index in [2.05, 4.69) is 9.97 Å². The third-order valence-electron chi connectivity index (χ3n) is 2.38. The molecule has 0 aliphatic rings. The van der Waals surface area contributed by atoms with Gasteiger partial charge < -0.3 is 10.1 Å². The van der Waals surface area contributed by atoms with Crippen molar-refractivity contribution in [3.05, 3.63) is 38.2 Å². The Bertz CT molecular complexity index is 682. The molecule has 0 spiro atoms. The average molecular weight is 287 g/mol. The third-order valence-corrected chi connectivity index (χ3v) is 3.10. The minimum atomic E-state index is -0.981. The first-order valence-corrected chi connectivity index (χ1v) is 5.82. The summed E-state index contributed by atoms with van der Waals surface area (Å²) >= 11 is 11.7. The van der Waals surface area contributed by atoms with Crippen LogP contribution in [0.2, 0.25) is 10.0 Å². The van der Waals surface area contributed by atoms with Crippen LogP contribution in [-0.4, -0.2) is 21.0 Å². The Balaban J connectivity index is 2.50. The molecule has 0 saturated heterocycles. The van der Waals surface area contributed by atoms with Gasteiger partial charge >= 0.3 is 5.97 Å². The number of carboxylic acid groups (broad SMARTS) is 1. The van der Waals surface area contributed by atoms with Gasteiger partial charge in [-0.3, -0.25) is 9.59 Å². The number of aryl methyl sites for hydroxylation is 1. The Morgan fingerprint density at radius 1 is 1.33 bits per heavy atom. The van der Waals surface area contributed by atoms with E-state index in [0.29, 0.717) is 21.1 Å². The molecule has 0 saturated carbocycles. The van der Waals surface area contributed by atoms with Crippen LogP contribution in [-0.2, 0) is 11.2 Å². The molecule has 94 valence electrons. The van der Waals surface area contributed by atoms with Gasteiger partial charge in [0.15, 0.2) is 0 Å². The average Bonchev–Trinajstić information content (AvgIpc) is 2.29. The number of halogens is 2. The van der Waals surface area contributed by atoms with Crippen molar-refractivity contribution in [3.63, 3.8) is 0 Å². The highest BCUT2D eigenvalue weighted by Crippen LogP contribution is 2.25. The summed E-state index contributed by atoms with van der Waals surface area (Å²) in [5.74, 6) is -0.981. The molecule has 1 heterocycles. The number of hydrogen-bond acceptors (Lipinski definition) is 3. The van der Waals surface area contributed by atoms with Crippen molar-refractivity contribution in [1.82, 2.24) is 9.97 Å². The summed E-state index contributed by atoms with van der Waals surface area (Å²) in [4.78, 5) is 28.8. The van der Waals surface area contributed by atoms with E-state index in [9.17, 15) is 9.59 Å². The molecule has 18 heavy (non-hydrogen) atoms. The highest BCUT2D eigenvalue weighted by molar-refractivity contribution is 6.42. The summed E-state index contributed by atoms with van der Waals surface area (Å²) in [5, 5.41) is 9.23. The fraction of sp³-hybridized carbons (Fsp3) is 0.182. The Kier molecular flexibility index (Phi) is 3.54. The largest absolute Gasteiger partial charge is 0.481 e. The lowest BCUT2D eigenvalue weighted by molar-refractivity contribution is -0.136. The number of aromatic amines is 1. The number of benzene rings is 1. The number of aromatic nitrogens is 2. The van der Waals surface area contributed by atoms with Crippen molar-refractivity contribution >= 4 is 40.2 Å². The SMILES string of the molecule is O=C(O)CCc1nc2cc(Cl)c(Cl)cc2[nH]c1=O. The zero-order chi connectivity index (χ0) is 13.3. The Hall–Kier alpha value is -1.59. The van der Waals surface area contributed by atoms with E-state index in [-0.39, 0.29) is 18.5 Å². The third kappa shape index (κ3) is 2.63. The smallest absolute Gasteiger partial charge is 0.303 e. The molecule has 0 unspecified atom stereocenters. The zero-order valence-electron chi connectivity index (χ0n) is 9.04. The van der Waals surface area contributed by atoms with Gasteiger partial charge in [-0.15, -0.1) is 0 Å². The fourth-order valence-corrected chi connectivity index (χ4v) is 1.84. The van der Waals surface area contributed by atoms with Gasteiger partial charge in [0.1, 0.15) is 5.69 Å². The molecule has 1 aromatic carbocycles. The topological polar surface area (TPSA) is 83.0 Å². The van der Waals surface area contributed by atoms with Crippen LogP contribution in [0.1, 0.15) is 12.1 Å². The number of nitrogens with one attached hydrogen (secondary N) is 1. The number of H-pyrrole nitrogens is 1. The molecular formula is C11H8Cl2N2O3. The quantitative estimate of drug-likeness (QED) is 0.906. The number of hydrogen-bond donors (Lipinski definition) is 2. The first-order valence-electron chi connectivity index (χ1n) is 5.07. The van der Waals surface area contributed by atoms with Crippen molar-refractivity contribution in [2.75, 3.05) is 0 Å². The molecule has 2 aromatic rings. The number of carbonyl (C=O) groups is 1. The first-order chi connectivity index (χ1) is 8.47. The Morgan fingerprint density at radius 2 is 2.00 bits per heavy atom. The molecule has 0 radical (unpaired) electrons. The maximum Gasteiger partial charge on any atom is 0.303 e. The lowest BCUT2D eigenvalue weighted by atomic mass is 10.2. The number of fused-ring (bicyclic) bond motifs is 1. The van der Waals surface area contributed by atoms with Crippen LogP contribution in [0.3, 0.4) is 0 Å². The highest BCUT2D eigenvalue weighted by Gasteiger charge is 2.09. The van der Waals surface area contributed by atoms with Crippen molar-refractivity contribution in [1.29, 1.82) is 0 Å². The van der Waals surface area contributed by atoms with E-state index in [4.69, 9.17) is 28.3 Å². The molecule has 0 atom stereocenters. The van der Waals surface area contributed by atoms with E-state index >= 15 is 0 Å². The second-order valence-electron chi connectivity index (χ2n) is 3.69. The molecular weight excluding hydrogens is 279 g/mol. The minimum absolute atomic E-state index is 0.0703. The standard InChI is InChI=1S/C11H8Cl2N2O3/c12-5-3-8-9(4-6(5)13)15-11(18)7(14-8)1-2-10(16)17/h3-4H,1-2H2,(H,15,18)(H,16,17). The van der Waals surface area contributed by atoms with Gasteiger partial charge in [0.2, 0.25) is 0 Å². The molecule has 0 amide bonds. The van der Waals surface area contributed by atoms with Gasteiger partial charge in [-0.2, -0.15) is 0 Å². The van der Waals surface area contributed by atoms with Crippen LogP contribution in [0, 0.1) is 0 Å². The Labute approximate surface area is 111 Å². The second kappa shape index (κ2) is 4.96. The summed E-state index contributed by atoms with van der Waals surface area (Å²) in [6, 6.07) is 3.04. The van der Waals surface area contributed by atoms with Crippen molar-refractivity contribution in [3.8, 4) is 0 Å². The molecule has 1 aromatic heterocycles. The molecule has 5 nitrogen and oxygen atoms in total. The van der Waals surface area contributed by atoms with Crippen LogP contribution in [0.5, 0.6) is 0 Å². The van der Waals surface area contributed by atoms with Gasteiger partial charge in [-0.25, -0.2) is 4.98 Å². The van der Waals surface area contributed by atoms with E-state index in [0.717, 1.165) is 0 Å². The van der Waals surface area contributed by atoms with Gasteiger partial charge in [0, 0.05) is 6.42 Å². The second-order valence-corrected chi connectivity index (χ2v) is 4.50. The number of aliphatic carboxylic acids is 1. The number of rotatable bonds is 3. The van der Waals surface area contributed by atoms with Crippen molar-refractivity contribution in [2.45, 2.75) is 12.8 Å². The lowest BCUT2D eigenvalue weighted by Crippen LogP contribution is -2.16. The monoisotopic (exact) mass is 286 g/mol. The zero-order valence-corrected chi connectivity index (χ0v) is 10.5. The summed E-state index contributed by atoms with van der Waals surface area (Å²) in [6.07, 6.45) is -0.0796. The minimum Gasteiger partial charge on any atom is -0.481 e. The highest BCUT2D eigenvalue weighted by atomic mass is 35.5. The van der Waals surface area contributed by atoms with Crippen LogP contribution < -0.4 is 5.56 Å². The maximum atomic E-state index is 11.7. The van der Waals surface area contributed by atoms with E-state index < -0.39 is 11.5 Å². The van der Waals surface area contributed by atoms with Crippen molar-refractivity contribution < 1.29 is 9.90 Å². The Morgan fingerprint density at radius 3 is 2.67 bits per heavy atom. The van der Waals surface area contributed by atoms with Crippen molar-refractivity contribution in [2.24, 2.45) is 0 Å². The van der Waals surface area contributed by atoms with Crippen LogP contribution >= 0.6 is 23.2 Å². The first kappa shape index (κ1) is 12.9. The molecule has 0 fully saturated rings. The van der Waals surface area contributed by atoms with Gasteiger partial charge in [0.05, 0.1) is 27.5 Å². The predicted molar refractivity (Wildman–Crippen MR) is 68.3 cm³/mol. The van der Waals surface area contributed by atoms with Gasteiger partial charge in [0.25, 0.3) is 5.56 Å². The summed E-state index contributed by atoms with van der Waals surface area (Å²) in [7, 11) is 0. The lowest BCUT2D eigenvalue weighted by Gasteiger charge is -2.03. The fourth-order valence-electron chi connectivity index (χ4n) is 1.51. The summed E-state index contributed by atoms with van der Waals surface area (Å²) in [5.41, 5.74) is 0.697. The molecule has 2 rings (SSSR count). The van der Waals surface area contributed by atoms with E-state index in [1.54, 1.807) is 0 Å². The van der Waals surface area contributed by atoms with E-state index in [1.165, 1.54) is 12.1 Å². The molecule has 7 heteroatoms. The normalized spacial score (nSPS) is 10.8. The summed E-state index contributed by atoms with van der Waals surface area (Å²) < 4.78 is 0. The molecule has 0 aliphatic carbocycles. The molecule has 2 N–H and O–H groups in total. The maximum absolute atomic E-state index is 11.7. The number of carboxylic acids is 1. The predicted octanol–water partition coefficient (Wildman–Crippen LogP) is 2.25. The van der Waals surface area contributed by atoms with Gasteiger partial charge in [-0.1, -0.05) is 23.2 Å². The van der Waals surface area contributed by atoms with Crippen LogP contribution in [0.15, 0.2) is 16.9 Å². The molecule has 0 aliphatic heterocycles. The van der Waals surface area contributed by atoms with Crippen LogP contribution in [0.25, 0.3) is 11.0 Å². The van der Waals surface area contributed by atoms with Gasteiger partial charge in [-0.05, 0) is 12.1 Å². The van der Waals surface area contributed by atoms with E-state index in [1.807, 2.05) is 0 Å².